The number of rotatable bonds is 4. The van der Waals surface area contributed by atoms with Crippen LogP contribution in [0.15, 0.2) is 72.8 Å². The van der Waals surface area contributed by atoms with Crippen molar-refractivity contribution in [3.8, 4) is 17.1 Å². The van der Waals surface area contributed by atoms with Crippen molar-refractivity contribution in [2.24, 2.45) is 0 Å². The van der Waals surface area contributed by atoms with E-state index in [4.69, 9.17) is 21.4 Å². The molecule has 1 heterocycles. The molecule has 0 saturated carbocycles. The normalized spacial score (nSPS) is 20.1. The molecular formula is C25H26N2. The minimum absolute atomic E-state index is 0.125. The van der Waals surface area contributed by atoms with Crippen molar-refractivity contribution >= 4 is 11.0 Å². The molecule has 3 aromatic carbocycles. The summed E-state index contributed by atoms with van der Waals surface area (Å²) in [5.41, 5.74) is 0.913. The maximum absolute atomic E-state index is 8.13. The third kappa shape index (κ3) is 3.06. The number of nitrogens with zero attached hydrogens (tertiary/aromatic N) is 2. The van der Waals surface area contributed by atoms with E-state index in [1.165, 1.54) is 22.8 Å². The third-order valence-electron chi connectivity index (χ3n) is 4.54. The number of benzene rings is 3. The summed E-state index contributed by atoms with van der Waals surface area (Å²) in [5, 5.41) is 0. The number of hydrogen-bond donors (Lipinski definition) is 0. The van der Waals surface area contributed by atoms with Gasteiger partial charge in [0.15, 0.2) is 0 Å². The average molecular weight is 367 g/mol. The van der Waals surface area contributed by atoms with Crippen LogP contribution in [0, 0.1) is 0 Å². The van der Waals surface area contributed by atoms with Crippen molar-refractivity contribution in [2.45, 2.75) is 39.2 Å². The first-order chi connectivity index (χ1) is 17.9. The van der Waals surface area contributed by atoms with Gasteiger partial charge in [-0.05, 0) is 35.1 Å². The Hall–Kier alpha value is -2.87. The van der Waals surface area contributed by atoms with Crippen LogP contribution < -0.4 is 0 Å². The van der Waals surface area contributed by atoms with Gasteiger partial charge in [0.05, 0.1) is 16.7 Å². The molecule has 0 fully saturated rings. The summed E-state index contributed by atoms with van der Waals surface area (Å²) in [7, 11) is 0. The molecule has 0 unspecified atom stereocenters. The van der Waals surface area contributed by atoms with E-state index in [2.05, 4.69) is 0 Å². The quantitative estimate of drug-likeness (QED) is 0.382. The molecule has 136 valence electrons. The first kappa shape index (κ1) is 8.43. The Morgan fingerprint density at radius 3 is 2.04 bits per heavy atom. The smallest absolute Gasteiger partial charge is 0.145 e. The third-order valence-corrected chi connectivity index (χ3v) is 4.54. The van der Waals surface area contributed by atoms with Crippen LogP contribution in [0.25, 0.3) is 28.1 Å². The Kier molecular flexibility index (Phi) is 2.20. The van der Waals surface area contributed by atoms with E-state index in [9.17, 15) is 0 Å². The zero-order valence-electron chi connectivity index (χ0n) is 26.5. The first-order valence-corrected chi connectivity index (χ1v) is 8.58. The van der Waals surface area contributed by atoms with Crippen LogP contribution in [0.1, 0.15) is 66.8 Å². The molecule has 4 aromatic rings. The maximum Gasteiger partial charge on any atom is 0.145 e. The van der Waals surface area contributed by atoms with Crippen molar-refractivity contribution in [1.29, 1.82) is 0 Å². The molecule has 27 heavy (non-hydrogen) atoms. The Morgan fingerprint density at radius 1 is 0.741 bits per heavy atom. The molecule has 0 aliphatic carbocycles. The van der Waals surface area contributed by atoms with Crippen LogP contribution in [0.2, 0.25) is 0 Å². The SMILES string of the molecule is [2H]C([2H])([2H])C(c1cccc(C(C([2H])([2H])[2H])C([2H])([2H])[2H])c1-n1c(-c2ccccc2)nc2ccccc21)C([2H])([2H])[2H]. The summed E-state index contributed by atoms with van der Waals surface area (Å²) in [6, 6.07) is 19.5. The molecule has 0 atom stereocenters. The van der Waals surface area contributed by atoms with Crippen LogP contribution in [-0.2, 0) is 0 Å². The number of hydrogen-bond acceptors (Lipinski definition) is 1. The van der Waals surface area contributed by atoms with E-state index in [-0.39, 0.29) is 22.6 Å². The molecule has 4 rings (SSSR count). The standard InChI is InChI=1S/C25H26N2/c1-17(2)20-13-10-14-21(18(3)4)24(20)27-23-16-9-8-15-22(23)26-25(27)19-11-6-5-7-12-19/h5-18H,1-4H3/i1D3,2D3,3D3,4D3. The summed E-state index contributed by atoms with van der Waals surface area (Å²) in [5.74, 6) is -3.81. The van der Waals surface area contributed by atoms with Crippen LogP contribution in [0.5, 0.6) is 0 Å². The molecular weight excluding hydrogens is 328 g/mol. The summed E-state index contributed by atoms with van der Waals surface area (Å²) in [6.45, 7) is -12.1. The van der Waals surface area contributed by atoms with Crippen molar-refractivity contribution in [3.63, 3.8) is 0 Å². The minimum Gasteiger partial charge on any atom is -0.292 e. The summed E-state index contributed by atoms with van der Waals surface area (Å²) in [4.78, 5) is 4.71. The zero-order valence-corrected chi connectivity index (χ0v) is 14.5. The number of aromatic nitrogens is 2. The maximum atomic E-state index is 8.13. The highest BCUT2D eigenvalue weighted by Gasteiger charge is 2.21. The first-order valence-electron chi connectivity index (χ1n) is 14.6. The van der Waals surface area contributed by atoms with E-state index < -0.39 is 39.2 Å². The van der Waals surface area contributed by atoms with E-state index >= 15 is 0 Å². The van der Waals surface area contributed by atoms with Gasteiger partial charge < -0.3 is 0 Å². The fraction of sp³-hybridized carbons (Fsp3) is 0.240. The van der Waals surface area contributed by atoms with Gasteiger partial charge in [0.25, 0.3) is 0 Å². The Labute approximate surface area is 178 Å². The Bertz CT molecular complexity index is 1380. The van der Waals surface area contributed by atoms with Gasteiger partial charge in [0.2, 0.25) is 0 Å². The van der Waals surface area contributed by atoms with Gasteiger partial charge in [0.1, 0.15) is 5.82 Å². The molecule has 0 bridgehead atoms. The van der Waals surface area contributed by atoms with Crippen molar-refractivity contribution < 1.29 is 16.4 Å². The molecule has 2 nitrogen and oxygen atoms in total. The van der Waals surface area contributed by atoms with Gasteiger partial charge in [-0.15, -0.1) is 0 Å². The van der Waals surface area contributed by atoms with Gasteiger partial charge in [-0.1, -0.05) is 88.1 Å². The van der Waals surface area contributed by atoms with E-state index in [0.29, 0.717) is 16.6 Å². The molecule has 1 aromatic heterocycles. The van der Waals surface area contributed by atoms with Crippen LogP contribution in [-0.4, -0.2) is 9.55 Å². The summed E-state index contributed by atoms with van der Waals surface area (Å²) < 4.78 is 99.1. The Morgan fingerprint density at radius 2 is 1.37 bits per heavy atom. The average Bonchev–Trinajstić information content (AvgIpc) is 3.15. The molecule has 2 heteroatoms. The fourth-order valence-electron chi connectivity index (χ4n) is 3.34. The zero-order chi connectivity index (χ0) is 29.0. The lowest BCUT2D eigenvalue weighted by molar-refractivity contribution is 0.811. The lowest BCUT2D eigenvalue weighted by Gasteiger charge is -2.22. The second-order valence-electron chi connectivity index (χ2n) is 6.28. The van der Waals surface area contributed by atoms with Crippen molar-refractivity contribution in [1.82, 2.24) is 9.55 Å². The minimum atomic E-state index is -3.03. The molecule has 0 aliphatic rings. The van der Waals surface area contributed by atoms with Crippen LogP contribution in [0.4, 0.5) is 0 Å². The number of imidazole rings is 1. The number of para-hydroxylation sites is 3. The van der Waals surface area contributed by atoms with Crippen LogP contribution >= 0.6 is 0 Å². The molecule has 0 saturated heterocycles. The van der Waals surface area contributed by atoms with E-state index in [0.717, 1.165) is 0 Å². The molecule has 0 spiro atoms. The van der Waals surface area contributed by atoms with Gasteiger partial charge in [-0.25, -0.2) is 4.98 Å². The number of fused-ring (bicyclic) bond motifs is 1. The highest BCUT2D eigenvalue weighted by atomic mass is 15.1. The fourth-order valence-corrected chi connectivity index (χ4v) is 3.34. The van der Waals surface area contributed by atoms with Gasteiger partial charge in [-0.3, -0.25) is 4.57 Å². The topological polar surface area (TPSA) is 17.8 Å². The predicted octanol–water partition coefficient (Wildman–Crippen LogP) is 6.94. The van der Waals surface area contributed by atoms with Gasteiger partial charge in [0, 0.05) is 22.0 Å². The highest BCUT2D eigenvalue weighted by molar-refractivity contribution is 5.84. The van der Waals surface area contributed by atoms with Gasteiger partial charge >= 0.3 is 0 Å². The lowest BCUT2D eigenvalue weighted by atomic mass is 9.92. The molecule has 0 N–H and O–H groups in total. The monoisotopic (exact) mass is 366 g/mol. The van der Waals surface area contributed by atoms with Crippen LogP contribution in [0.3, 0.4) is 0 Å². The summed E-state index contributed by atoms with van der Waals surface area (Å²) >= 11 is 0. The van der Waals surface area contributed by atoms with Gasteiger partial charge in [-0.2, -0.15) is 0 Å². The summed E-state index contributed by atoms with van der Waals surface area (Å²) in [6.07, 6.45) is 0. The van der Waals surface area contributed by atoms with E-state index in [1.54, 1.807) is 54.6 Å². The highest BCUT2D eigenvalue weighted by Crippen LogP contribution is 2.36. The van der Waals surface area contributed by atoms with E-state index in [1.807, 2.05) is 0 Å². The molecule has 0 amide bonds. The second-order valence-corrected chi connectivity index (χ2v) is 6.28. The second kappa shape index (κ2) is 7.03. The lowest BCUT2D eigenvalue weighted by Crippen LogP contribution is -2.08. The Balaban J connectivity index is 2.26. The predicted molar refractivity (Wildman–Crippen MR) is 115 cm³/mol. The van der Waals surface area contributed by atoms with Crippen molar-refractivity contribution in [3.05, 3.63) is 83.9 Å². The molecule has 0 aliphatic heterocycles. The van der Waals surface area contributed by atoms with Crippen molar-refractivity contribution in [2.75, 3.05) is 0 Å². The molecule has 0 radical (unpaired) electrons. The largest absolute Gasteiger partial charge is 0.292 e.